The number of para-hydroxylation sites is 2. The highest BCUT2D eigenvalue weighted by Gasteiger charge is 2.18. The van der Waals surface area contributed by atoms with Gasteiger partial charge in [0.2, 0.25) is 5.91 Å². The molecule has 1 N–H and O–H groups in total. The van der Waals surface area contributed by atoms with Crippen molar-refractivity contribution in [3.05, 3.63) is 24.3 Å². The number of hydrogen-bond acceptors (Lipinski definition) is 4. The van der Waals surface area contributed by atoms with Crippen molar-refractivity contribution in [3.8, 4) is 0 Å². The number of likely N-dealkylation sites (N-methyl/N-ethyl adjacent to an activating group) is 1. The van der Waals surface area contributed by atoms with E-state index in [1.54, 1.807) is 0 Å². The van der Waals surface area contributed by atoms with Gasteiger partial charge in [0.05, 0.1) is 17.9 Å². The highest BCUT2D eigenvalue weighted by molar-refractivity contribution is 5.82. The van der Waals surface area contributed by atoms with Gasteiger partial charge in [-0.2, -0.15) is 0 Å². The maximum atomic E-state index is 12.2. The van der Waals surface area contributed by atoms with E-state index in [1.165, 1.54) is 0 Å². The van der Waals surface area contributed by atoms with E-state index < -0.39 is 0 Å². The number of anilines is 2. The lowest BCUT2D eigenvalue weighted by Gasteiger charge is -2.32. The fourth-order valence-electron chi connectivity index (χ4n) is 2.35. The van der Waals surface area contributed by atoms with Gasteiger partial charge in [0, 0.05) is 40.3 Å². The molecule has 0 spiro atoms. The lowest BCUT2D eigenvalue weighted by Crippen LogP contribution is -2.48. The average molecular weight is 276 g/mol. The summed E-state index contributed by atoms with van der Waals surface area (Å²) in [5, 5.41) is 3.26. The summed E-state index contributed by atoms with van der Waals surface area (Å²) >= 11 is 0. The Morgan fingerprint density at radius 3 is 2.50 bits per heavy atom. The fourth-order valence-corrected chi connectivity index (χ4v) is 2.35. The first kappa shape index (κ1) is 14.7. The van der Waals surface area contributed by atoms with Gasteiger partial charge in [-0.25, -0.2) is 0 Å². The molecule has 1 saturated heterocycles. The predicted molar refractivity (Wildman–Crippen MR) is 83.3 cm³/mol. The molecule has 0 aliphatic carbocycles. The Hall–Kier alpha value is -1.75. The zero-order chi connectivity index (χ0) is 14.5. The van der Waals surface area contributed by atoms with E-state index in [2.05, 4.69) is 17.3 Å². The van der Waals surface area contributed by atoms with Gasteiger partial charge in [-0.05, 0) is 19.2 Å². The van der Waals surface area contributed by atoms with E-state index in [1.807, 2.05) is 48.2 Å². The minimum absolute atomic E-state index is 0.173. The maximum absolute atomic E-state index is 12.2. The minimum atomic E-state index is 0.173. The number of nitrogens with one attached hydrogen (secondary N) is 1. The van der Waals surface area contributed by atoms with Crippen molar-refractivity contribution >= 4 is 17.3 Å². The van der Waals surface area contributed by atoms with Crippen LogP contribution in [0.5, 0.6) is 0 Å². The van der Waals surface area contributed by atoms with Crippen molar-refractivity contribution in [3.63, 3.8) is 0 Å². The smallest absolute Gasteiger partial charge is 0.241 e. The molecule has 1 heterocycles. The molecule has 0 saturated carbocycles. The molecule has 20 heavy (non-hydrogen) atoms. The lowest BCUT2D eigenvalue weighted by atomic mass is 10.2. The summed E-state index contributed by atoms with van der Waals surface area (Å²) in [6.07, 6.45) is 0. The zero-order valence-corrected chi connectivity index (χ0v) is 12.6. The molecule has 1 fully saturated rings. The second-order valence-corrected chi connectivity index (χ2v) is 5.45. The highest BCUT2D eigenvalue weighted by Crippen LogP contribution is 2.23. The SMILES string of the molecule is CN1CCN(C(=O)CNc2ccccc2N(C)C)CC1. The van der Waals surface area contributed by atoms with E-state index in [9.17, 15) is 4.79 Å². The van der Waals surface area contributed by atoms with Gasteiger partial charge in [-0.3, -0.25) is 4.79 Å². The third kappa shape index (κ3) is 3.63. The van der Waals surface area contributed by atoms with Crippen molar-refractivity contribution in [2.75, 3.05) is 64.1 Å². The van der Waals surface area contributed by atoms with Gasteiger partial charge < -0.3 is 20.0 Å². The molecule has 0 aromatic heterocycles. The summed E-state index contributed by atoms with van der Waals surface area (Å²) in [5.41, 5.74) is 2.10. The molecule has 1 aliphatic heterocycles. The van der Waals surface area contributed by atoms with Crippen LogP contribution >= 0.6 is 0 Å². The Balaban J connectivity index is 1.90. The molecule has 5 heteroatoms. The van der Waals surface area contributed by atoms with E-state index >= 15 is 0 Å². The van der Waals surface area contributed by atoms with Crippen LogP contribution in [0.15, 0.2) is 24.3 Å². The summed E-state index contributed by atoms with van der Waals surface area (Å²) in [6.45, 7) is 3.92. The highest BCUT2D eigenvalue weighted by atomic mass is 16.2. The number of carbonyl (C=O) groups is 1. The first-order valence-electron chi connectivity index (χ1n) is 7.04. The van der Waals surface area contributed by atoms with Crippen LogP contribution in [0.25, 0.3) is 0 Å². The van der Waals surface area contributed by atoms with Crippen LogP contribution < -0.4 is 10.2 Å². The van der Waals surface area contributed by atoms with Crippen LogP contribution in [0.3, 0.4) is 0 Å². The third-order valence-corrected chi connectivity index (χ3v) is 3.67. The molecule has 0 atom stereocenters. The van der Waals surface area contributed by atoms with Gasteiger partial charge in [-0.15, -0.1) is 0 Å². The number of piperazine rings is 1. The Labute approximate surface area is 121 Å². The van der Waals surface area contributed by atoms with Crippen LogP contribution in [0, 0.1) is 0 Å². The first-order valence-corrected chi connectivity index (χ1v) is 7.04. The van der Waals surface area contributed by atoms with Gasteiger partial charge in [-0.1, -0.05) is 12.1 Å². The van der Waals surface area contributed by atoms with Crippen LogP contribution in [-0.2, 0) is 4.79 Å². The van der Waals surface area contributed by atoms with E-state index in [4.69, 9.17) is 0 Å². The standard InChI is InChI=1S/C15H24N4O/c1-17(2)14-7-5-4-6-13(14)16-12-15(20)19-10-8-18(3)9-11-19/h4-7,16H,8-12H2,1-3H3. The minimum Gasteiger partial charge on any atom is -0.376 e. The molecule has 1 aliphatic rings. The second-order valence-electron chi connectivity index (χ2n) is 5.45. The zero-order valence-electron chi connectivity index (χ0n) is 12.6. The molecule has 0 unspecified atom stereocenters. The third-order valence-electron chi connectivity index (χ3n) is 3.67. The van der Waals surface area contributed by atoms with Crippen molar-refractivity contribution in [1.29, 1.82) is 0 Å². The number of nitrogens with zero attached hydrogens (tertiary/aromatic N) is 3. The number of benzene rings is 1. The van der Waals surface area contributed by atoms with Gasteiger partial charge >= 0.3 is 0 Å². The van der Waals surface area contributed by atoms with E-state index in [0.717, 1.165) is 37.6 Å². The molecule has 2 rings (SSSR count). The Kier molecular flexibility index (Phi) is 4.84. The molecule has 1 aromatic carbocycles. The first-order chi connectivity index (χ1) is 9.58. The van der Waals surface area contributed by atoms with Gasteiger partial charge in [0.25, 0.3) is 0 Å². The number of amides is 1. The second kappa shape index (κ2) is 6.61. The number of rotatable bonds is 4. The van der Waals surface area contributed by atoms with Crippen LogP contribution in [-0.4, -0.2) is 69.6 Å². The molecular formula is C15H24N4O. The lowest BCUT2D eigenvalue weighted by molar-refractivity contribution is -0.130. The summed E-state index contributed by atoms with van der Waals surface area (Å²) in [7, 11) is 6.10. The fraction of sp³-hybridized carbons (Fsp3) is 0.533. The molecular weight excluding hydrogens is 252 g/mol. The molecule has 1 aromatic rings. The summed E-state index contributed by atoms with van der Waals surface area (Å²) in [4.78, 5) is 18.4. The van der Waals surface area contributed by atoms with E-state index in [0.29, 0.717) is 6.54 Å². The van der Waals surface area contributed by atoms with Crippen molar-refractivity contribution in [2.24, 2.45) is 0 Å². The van der Waals surface area contributed by atoms with Crippen LogP contribution in [0.1, 0.15) is 0 Å². The van der Waals surface area contributed by atoms with Crippen molar-refractivity contribution in [2.45, 2.75) is 0 Å². The van der Waals surface area contributed by atoms with Crippen molar-refractivity contribution in [1.82, 2.24) is 9.80 Å². The Morgan fingerprint density at radius 2 is 1.85 bits per heavy atom. The van der Waals surface area contributed by atoms with Gasteiger partial charge in [0.15, 0.2) is 0 Å². The topological polar surface area (TPSA) is 38.8 Å². The van der Waals surface area contributed by atoms with Crippen LogP contribution in [0.2, 0.25) is 0 Å². The summed E-state index contributed by atoms with van der Waals surface area (Å²) in [6, 6.07) is 8.04. The van der Waals surface area contributed by atoms with Gasteiger partial charge in [0.1, 0.15) is 0 Å². The largest absolute Gasteiger partial charge is 0.376 e. The summed E-state index contributed by atoms with van der Waals surface area (Å²) < 4.78 is 0. The Morgan fingerprint density at radius 1 is 1.20 bits per heavy atom. The quantitative estimate of drug-likeness (QED) is 0.888. The monoisotopic (exact) mass is 276 g/mol. The van der Waals surface area contributed by atoms with Crippen molar-refractivity contribution < 1.29 is 4.79 Å². The molecule has 1 amide bonds. The molecule has 110 valence electrons. The maximum Gasteiger partial charge on any atom is 0.241 e. The predicted octanol–water partition coefficient (Wildman–Crippen LogP) is 0.938. The normalized spacial score (nSPS) is 16.1. The average Bonchev–Trinajstić information content (AvgIpc) is 2.45. The molecule has 0 bridgehead atoms. The number of hydrogen-bond donors (Lipinski definition) is 1. The van der Waals surface area contributed by atoms with E-state index in [-0.39, 0.29) is 5.91 Å². The number of carbonyl (C=O) groups excluding carboxylic acids is 1. The summed E-state index contributed by atoms with van der Waals surface area (Å²) in [5.74, 6) is 0.173. The van der Waals surface area contributed by atoms with Crippen LogP contribution in [0.4, 0.5) is 11.4 Å². The molecule has 0 radical (unpaired) electrons. The Bertz CT molecular complexity index is 453. The molecule has 5 nitrogen and oxygen atoms in total.